The number of ether oxygens (including phenoxy) is 2. The summed E-state index contributed by atoms with van der Waals surface area (Å²) >= 11 is 0. The fourth-order valence-electron chi connectivity index (χ4n) is 7.88. The van der Waals surface area contributed by atoms with Gasteiger partial charge < -0.3 is 29.9 Å². The highest BCUT2D eigenvalue weighted by Crippen LogP contribution is 2.38. The van der Waals surface area contributed by atoms with Gasteiger partial charge in [0.2, 0.25) is 0 Å². The highest BCUT2D eigenvalue weighted by atomic mass is 19.4. The molecule has 2 N–H and O–H groups in total. The van der Waals surface area contributed by atoms with Gasteiger partial charge in [0, 0.05) is 56.1 Å². The van der Waals surface area contributed by atoms with Crippen LogP contribution in [0.5, 0.6) is 11.5 Å². The van der Waals surface area contributed by atoms with Gasteiger partial charge in [-0.05, 0) is 70.2 Å². The van der Waals surface area contributed by atoms with Gasteiger partial charge in [0.05, 0.1) is 17.3 Å². The number of nitrogens with one attached hydrogen (secondary N) is 2. The molecule has 14 nitrogen and oxygen atoms in total. The SMILES string of the molecule is CCc1c(CCC(F)(F)F)c(C(=O)N[C@H]2COc3ccccc3N(C)C2=O)nn1CC.CCn1nc(C(=O)N[C@H]2COc3ccccc3N(C)C2=O)c2c1CCC(C(F)(F)F)C2. The first-order chi connectivity index (χ1) is 29.4. The Kier molecular flexibility index (Phi) is 13.6. The molecule has 0 saturated heterocycles. The van der Waals surface area contributed by atoms with Crippen LogP contribution in [0, 0.1) is 5.92 Å². The van der Waals surface area contributed by atoms with Crippen molar-refractivity contribution in [2.45, 2.75) is 96.8 Å². The van der Waals surface area contributed by atoms with Gasteiger partial charge in [-0.1, -0.05) is 31.2 Å². The minimum absolute atomic E-state index is 0.0265. The summed E-state index contributed by atoms with van der Waals surface area (Å²) in [6.07, 6.45) is -9.77. The number of nitrogens with zero attached hydrogens (tertiary/aromatic N) is 6. The Bertz CT molecular complexity index is 2180. The van der Waals surface area contributed by atoms with Gasteiger partial charge in [0.25, 0.3) is 23.6 Å². The number of halogens is 6. The molecule has 0 bridgehead atoms. The van der Waals surface area contributed by atoms with E-state index < -0.39 is 48.6 Å². The van der Waals surface area contributed by atoms with Crippen molar-refractivity contribution >= 4 is 35.0 Å². The lowest BCUT2D eigenvalue weighted by Gasteiger charge is -2.25. The van der Waals surface area contributed by atoms with E-state index in [9.17, 15) is 45.5 Å². The Morgan fingerprint density at radius 2 is 1.26 bits per heavy atom. The topological polar surface area (TPSA) is 153 Å². The van der Waals surface area contributed by atoms with E-state index in [4.69, 9.17) is 9.47 Å². The number of alkyl halides is 6. The lowest BCUT2D eigenvalue weighted by atomic mass is 9.85. The second kappa shape index (κ2) is 18.5. The molecule has 0 saturated carbocycles. The first-order valence-electron chi connectivity index (χ1n) is 20.3. The quantitative estimate of drug-likeness (QED) is 0.199. The van der Waals surface area contributed by atoms with Gasteiger partial charge in [-0.2, -0.15) is 36.5 Å². The molecule has 0 spiro atoms. The normalized spacial score (nSPS) is 18.8. The highest BCUT2D eigenvalue weighted by Gasteiger charge is 2.44. The molecule has 3 atom stereocenters. The van der Waals surface area contributed by atoms with Crippen molar-refractivity contribution in [3.63, 3.8) is 0 Å². The van der Waals surface area contributed by atoms with E-state index in [1.807, 2.05) is 6.92 Å². The van der Waals surface area contributed by atoms with Crippen LogP contribution in [0.25, 0.3) is 0 Å². The van der Waals surface area contributed by atoms with Crippen LogP contribution in [0.1, 0.15) is 77.1 Å². The summed E-state index contributed by atoms with van der Waals surface area (Å²) in [6, 6.07) is 12.0. The number of hydrogen-bond donors (Lipinski definition) is 2. The molecule has 2 aromatic heterocycles. The van der Waals surface area contributed by atoms with Crippen LogP contribution in [0.3, 0.4) is 0 Å². The third-order valence-corrected chi connectivity index (χ3v) is 11.1. The zero-order chi connectivity index (χ0) is 45.1. The predicted molar refractivity (Wildman–Crippen MR) is 214 cm³/mol. The van der Waals surface area contributed by atoms with Gasteiger partial charge in [0.15, 0.2) is 11.4 Å². The number of carbonyl (C=O) groups is 4. The number of rotatable bonds is 9. The molecule has 1 unspecified atom stereocenters. The Balaban J connectivity index is 0.000000207. The van der Waals surface area contributed by atoms with Crippen molar-refractivity contribution in [2.24, 2.45) is 5.92 Å². The summed E-state index contributed by atoms with van der Waals surface area (Å²) in [7, 11) is 3.15. The number of amides is 4. The summed E-state index contributed by atoms with van der Waals surface area (Å²) < 4.78 is 92.9. The van der Waals surface area contributed by atoms with Crippen LogP contribution in [0.4, 0.5) is 37.7 Å². The van der Waals surface area contributed by atoms with E-state index in [0.717, 1.165) is 0 Å². The van der Waals surface area contributed by atoms with Crippen LogP contribution in [-0.4, -0.2) is 94.9 Å². The highest BCUT2D eigenvalue weighted by molar-refractivity contribution is 6.04. The minimum Gasteiger partial charge on any atom is -0.489 e. The predicted octanol–water partition coefficient (Wildman–Crippen LogP) is 5.84. The Morgan fingerprint density at radius 1 is 0.758 bits per heavy atom. The monoisotopic (exact) mass is 874 g/mol. The maximum absolute atomic E-state index is 13.3. The number of likely N-dealkylation sites (N-methyl/N-ethyl adjacent to an activating group) is 2. The first kappa shape index (κ1) is 45.4. The van der Waals surface area contributed by atoms with E-state index in [2.05, 4.69) is 20.8 Å². The maximum atomic E-state index is 13.3. The van der Waals surface area contributed by atoms with Crippen molar-refractivity contribution < 1.29 is 55.0 Å². The fraction of sp³-hybridized carbons (Fsp3) is 0.476. The zero-order valence-electron chi connectivity index (χ0n) is 34.8. The Labute approximate surface area is 353 Å². The van der Waals surface area contributed by atoms with Gasteiger partial charge in [0.1, 0.15) is 36.8 Å². The Morgan fingerprint density at radius 3 is 1.74 bits per heavy atom. The number of aryl methyl sites for hydroxylation is 2. The molecule has 7 rings (SSSR count). The molecular weight excluding hydrogens is 826 g/mol. The number of benzene rings is 2. The average Bonchev–Trinajstić information content (AvgIpc) is 3.75. The van der Waals surface area contributed by atoms with E-state index in [0.29, 0.717) is 59.3 Å². The van der Waals surface area contributed by atoms with Crippen LogP contribution in [-0.2, 0) is 48.4 Å². The van der Waals surface area contributed by atoms with Gasteiger partial charge in [-0.15, -0.1) is 0 Å². The van der Waals surface area contributed by atoms with Crippen molar-refractivity contribution in [2.75, 3.05) is 37.1 Å². The molecule has 0 fully saturated rings. The lowest BCUT2D eigenvalue weighted by molar-refractivity contribution is -0.177. The molecule has 20 heteroatoms. The maximum Gasteiger partial charge on any atom is 0.392 e. The molecule has 334 valence electrons. The number of fused-ring (bicyclic) bond motifs is 3. The zero-order valence-corrected chi connectivity index (χ0v) is 34.8. The fourth-order valence-corrected chi connectivity index (χ4v) is 7.88. The second-order valence-corrected chi connectivity index (χ2v) is 15.0. The average molecular weight is 875 g/mol. The molecule has 3 aliphatic rings. The van der Waals surface area contributed by atoms with Gasteiger partial charge in [-0.25, -0.2) is 0 Å². The molecule has 62 heavy (non-hydrogen) atoms. The van der Waals surface area contributed by atoms with Crippen LogP contribution in [0.2, 0.25) is 0 Å². The first-order valence-corrected chi connectivity index (χ1v) is 20.3. The van der Waals surface area contributed by atoms with Crippen LogP contribution < -0.4 is 29.9 Å². The number of carbonyl (C=O) groups excluding carboxylic acids is 4. The molecule has 1 aliphatic carbocycles. The molecule has 2 aromatic carbocycles. The summed E-state index contributed by atoms with van der Waals surface area (Å²) in [5.74, 6) is -2.63. The number of aromatic nitrogens is 4. The van der Waals surface area contributed by atoms with Crippen molar-refractivity contribution in [1.82, 2.24) is 30.2 Å². The summed E-state index contributed by atoms with van der Waals surface area (Å²) in [5.41, 5.74) is 2.82. The second-order valence-electron chi connectivity index (χ2n) is 15.0. The van der Waals surface area contributed by atoms with E-state index in [1.165, 1.54) is 14.5 Å². The van der Waals surface area contributed by atoms with Gasteiger partial charge in [-0.3, -0.25) is 28.5 Å². The third-order valence-electron chi connectivity index (χ3n) is 11.1. The molecule has 4 heterocycles. The summed E-state index contributed by atoms with van der Waals surface area (Å²) in [5, 5.41) is 13.7. The van der Waals surface area contributed by atoms with Crippen molar-refractivity contribution in [3.8, 4) is 11.5 Å². The molecule has 4 amide bonds. The smallest absolute Gasteiger partial charge is 0.392 e. The molecule has 4 aromatic rings. The molecular formula is C42H48F6N8O6. The number of anilines is 2. The molecule has 2 aliphatic heterocycles. The van der Waals surface area contributed by atoms with Crippen molar-refractivity contribution in [1.29, 1.82) is 0 Å². The summed E-state index contributed by atoms with van der Waals surface area (Å²) in [4.78, 5) is 54.5. The van der Waals surface area contributed by atoms with E-state index >= 15 is 0 Å². The number of hydrogen-bond acceptors (Lipinski definition) is 8. The Hall–Kier alpha value is -6.08. The van der Waals surface area contributed by atoms with Crippen LogP contribution >= 0.6 is 0 Å². The van der Waals surface area contributed by atoms with Crippen molar-refractivity contribution in [3.05, 3.63) is 82.4 Å². The lowest BCUT2D eigenvalue weighted by Crippen LogP contribution is -2.49. The minimum atomic E-state index is -4.35. The standard InChI is InChI=1S/C21H23F3N4O3.C21H25F3N4O3/c1-3-28-15-9-8-12(21(22,23)24)10-13(15)18(26-28)19(29)25-14-11-31-17-7-5-4-6-16(17)27(2)20(14)30;1-4-15-13(10-11-21(22,23)24)18(26-28(15)5-2)19(29)25-14-12-31-17-9-7-6-8-16(17)27(3)20(14)30/h4-7,12,14H,3,8-11H2,1-2H3,(H,25,29);6-9,14H,4-5,10-12H2,1-3H3,(H,25,29)/t12?,14-;14-/m00/s1. The molecule has 0 radical (unpaired) electrons. The van der Waals surface area contributed by atoms with E-state index in [-0.39, 0.29) is 67.7 Å². The van der Waals surface area contributed by atoms with E-state index in [1.54, 1.807) is 81.2 Å². The van der Waals surface area contributed by atoms with Crippen LogP contribution in [0.15, 0.2) is 48.5 Å². The summed E-state index contributed by atoms with van der Waals surface area (Å²) in [6.45, 7) is 6.09. The number of para-hydroxylation sites is 4. The van der Waals surface area contributed by atoms with Gasteiger partial charge >= 0.3 is 12.4 Å². The third kappa shape index (κ3) is 9.68. The largest absolute Gasteiger partial charge is 0.489 e.